The van der Waals surface area contributed by atoms with E-state index in [0.717, 1.165) is 23.2 Å². The van der Waals surface area contributed by atoms with Crippen LogP contribution in [0.15, 0.2) is 18.5 Å². The lowest BCUT2D eigenvalue weighted by Gasteiger charge is -1.99. The van der Waals surface area contributed by atoms with E-state index < -0.39 is 0 Å². The SMILES string of the molecule is COc1cnc2[nH]cc(CCCl)c2c1. The number of hydrogen-bond donors (Lipinski definition) is 1. The van der Waals surface area contributed by atoms with Gasteiger partial charge in [0, 0.05) is 17.5 Å². The molecule has 0 aromatic carbocycles. The fourth-order valence-electron chi connectivity index (χ4n) is 1.46. The number of rotatable bonds is 3. The van der Waals surface area contributed by atoms with Crippen LogP contribution in [0.2, 0.25) is 0 Å². The highest BCUT2D eigenvalue weighted by molar-refractivity contribution is 6.18. The van der Waals surface area contributed by atoms with Gasteiger partial charge in [0.15, 0.2) is 0 Å². The molecule has 0 spiro atoms. The van der Waals surface area contributed by atoms with Gasteiger partial charge in [-0.3, -0.25) is 0 Å². The summed E-state index contributed by atoms with van der Waals surface area (Å²) in [5, 5.41) is 1.09. The molecule has 0 radical (unpaired) electrons. The number of hydrogen-bond acceptors (Lipinski definition) is 2. The second-order valence-corrected chi connectivity index (χ2v) is 3.40. The van der Waals surface area contributed by atoms with Crippen molar-refractivity contribution in [1.82, 2.24) is 9.97 Å². The highest BCUT2D eigenvalue weighted by Crippen LogP contribution is 2.21. The summed E-state index contributed by atoms with van der Waals surface area (Å²) in [7, 11) is 1.64. The fraction of sp³-hybridized carbons (Fsp3) is 0.300. The molecule has 0 aliphatic heterocycles. The van der Waals surface area contributed by atoms with Gasteiger partial charge in [-0.2, -0.15) is 0 Å². The van der Waals surface area contributed by atoms with Crippen LogP contribution in [0.1, 0.15) is 5.56 Å². The molecule has 2 rings (SSSR count). The van der Waals surface area contributed by atoms with E-state index in [2.05, 4.69) is 9.97 Å². The van der Waals surface area contributed by atoms with Crippen molar-refractivity contribution in [3.8, 4) is 5.75 Å². The predicted octanol–water partition coefficient (Wildman–Crippen LogP) is 2.35. The Hall–Kier alpha value is -1.22. The number of ether oxygens (including phenoxy) is 1. The van der Waals surface area contributed by atoms with Crippen molar-refractivity contribution >= 4 is 22.6 Å². The van der Waals surface area contributed by atoms with E-state index >= 15 is 0 Å². The number of aromatic amines is 1. The third kappa shape index (κ3) is 1.55. The first-order chi connectivity index (χ1) is 6.85. The lowest BCUT2D eigenvalue weighted by Crippen LogP contribution is -1.87. The standard InChI is InChI=1S/C10H11ClN2O/c1-14-8-4-9-7(2-3-11)5-12-10(9)13-6-8/h4-6H,2-3H2,1H3,(H,12,13). The van der Waals surface area contributed by atoms with Crippen molar-refractivity contribution in [2.75, 3.05) is 13.0 Å². The van der Waals surface area contributed by atoms with Crippen molar-refractivity contribution in [1.29, 1.82) is 0 Å². The number of aromatic nitrogens is 2. The second kappa shape index (κ2) is 3.88. The number of alkyl halides is 1. The molecular formula is C10H11ClN2O. The normalized spacial score (nSPS) is 10.7. The van der Waals surface area contributed by atoms with Crippen LogP contribution in [-0.4, -0.2) is 23.0 Å². The van der Waals surface area contributed by atoms with Gasteiger partial charge in [0.2, 0.25) is 0 Å². The first-order valence-corrected chi connectivity index (χ1v) is 4.94. The molecule has 2 aromatic rings. The number of H-pyrrole nitrogens is 1. The van der Waals surface area contributed by atoms with Gasteiger partial charge in [0.1, 0.15) is 11.4 Å². The summed E-state index contributed by atoms with van der Waals surface area (Å²) < 4.78 is 5.12. The average Bonchev–Trinajstić information content (AvgIpc) is 2.61. The minimum absolute atomic E-state index is 0.615. The molecule has 3 nitrogen and oxygen atoms in total. The number of nitrogens with one attached hydrogen (secondary N) is 1. The zero-order valence-electron chi connectivity index (χ0n) is 7.88. The second-order valence-electron chi connectivity index (χ2n) is 3.02. The molecule has 0 saturated heterocycles. The molecule has 0 atom stereocenters. The Morgan fingerprint density at radius 3 is 3.14 bits per heavy atom. The summed E-state index contributed by atoms with van der Waals surface area (Å²) in [5.74, 6) is 1.39. The van der Waals surface area contributed by atoms with Gasteiger partial charge in [-0.15, -0.1) is 11.6 Å². The molecule has 0 aliphatic carbocycles. The Morgan fingerprint density at radius 1 is 1.57 bits per heavy atom. The molecule has 2 aromatic heterocycles. The maximum Gasteiger partial charge on any atom is 0.137 e. The summed E-state index contributed by atoms with van der Waals surface area (Å²) in [4.78, 5) is 7.33. The molecule has 4 heteroatoms. The Morgan fingerprint density at radius 2 is 2.43 bits per heavy atom. The molecule has 0 aliphatic rings. The van der Waals surface area contributed by atoms with E-state index in [9.17, 15) is 0 Å². The molecule has 1 N–H and O–H groups in total. The lowest BCUT2D eigenvalue weighted by atomic mass is 10.2. The van der Waals surface area contributed by atoms with Crippen LogP contribution < -0.4 is 4.74 Å². The maximum atomic E-state index is 5.70. The van der Waals surface area contributed by atoms with Crippen molar-refractivity contribution in [3.05, 3.63) is 24.0 Å². The van der Waals surface area contributed by atoms with Crippen LogP contribution in [0, 0.1) is 0 Å². The maximum absolute atomic E-state index is 5.70. The summed E-state index contributed by atoms with van der Waals surface area (Å²) in [6.07, 6.45) is 4.49. The first kappa shape index (κ1) is 9.34. The smallest absolute Gasteiger partial charge is 0.137 e. The topological polar surface area (TPSA) is 37.9 Å². The Balaban J connectivity index is 2.52. The van der Waals surface area contributed by atoms with Gasteiger partial charge in [-0.1, -0.05) is 0 Å². The zero-order valence-corrected chi connectivity index (χ0v) is 8.64. The molecule has 2 heterocycles. The van der Waals surface area contributed by atoms with Crippen LogP contribution in [-0.2, 0) is 6.42 Å². The first-order valence-electron chi connectivity index (χ1n) is 4.41. The molecule has 0 unspecified atom stereocenters. The van der Waals surface area contributed by atoms with E-state index in [1.165, 1.54) is 5.56 Å². The lowest BCUT2D eigenvalue weighted by molar-refractivity contribution is 0.413. The van der Waals surface area contributed by atoms with E-state index in [-0.39, 0.29) is 0 Å². The largest absolute Gasteiger partial charge is 0.495 e. The zero-order chi connectivity index (χ0) is 9.97. The number of pyridine rings is 1. The minimum atomic E-state index is 0.615. The molecule has 0 saturated carbocycles. The van der Waals surface area contributed by atoms with Crippen LogP contribution in [0.4, 0.5) is 0 Å². The van der Waals surface area contributed by atoms with Crippen molar-refractivity contribution in [3.63, 3.8) is 0 Å². The fourth-order valence-corrected chi connectivity index (χ4v) is 1.66. The van der Waals surface area contributed by atoms with E-state index in [0.29, 0.717) is 5.88 Å². The average molecular weight is 211 g/mol. The summed E-state index contributed by atoms with van der Waals surface area (Å²) in [6, 6.07) is 1.97. The number of methoxy groups -OCH3 is 1. The summed E-state index contributed by atoms with van der Waals surface area (Å²) >= 11 is 5.70. The van der Waals surface area contributed by atoms with Crippen molar-refractivity contribution in [2.24, 2.45) is 0 Å². The number of aryl methyl sites for hydroxylation is 1. The van der Waals surface area contributed by atoms with Gasteiger partial charge in [-0.05, 0) is 18.1 Å². The number of fused-ring (bicyclic) bond motifs is 1. The molecule has 14 heavy (non-hydrogen) atoms. The van der Waals surface area contributed by atoms with E-state index in [1.807, 2.05) is 12.3 Å². The predicted molar refractivity (Wildman–Crippen MR) is 57.1 cm³/mol. The quantitative estimate of drug-likeness (QED) is 0.790. The van der Waals surface area contributed by atoms with Crippen LogP contribution in [0.25, 0.3) is 11.0 Å². The van der Waals surface area contributed by atoms with Crippen LogP contribution in [0.5, 0.6) is 5.75 Å². The Labute approximate surface area is 87.1 Å². The van der Waals surface area contributed by atoms with Gasteiger partial charge in [-0.25, -0.2) is 4.98 Å². The van der Waals surface area contributed by atoms with Crippen LogP contribution in [0.3, 0.4) is 0 Å². The Kier molecular flexibility index (Phi) is 2.59. The minimum Gasteiger partial charge on any atom is -0.495 e. The van der Waals surface area contributed by atoms with E-state index in [4.69, 9.17) is 16.3 Å². The van der Waals surface area contributed by atoms with Gasteiger partial charge in [0.05, 0.1) is 13.3 Å². The highest BCUT2D eigenvalue weighted by atomic mass is 35.5. The van der Waals surface area contributed by atoms with Crippen LogP contribution >= 0.6 is 11.6 Å². The molecule has 0 bridgehead atoms. The van der Waals surface area contributed by atoms with Gasteiger partial charge in [0.25, 0.3) is 0 Å². The molecular weight excluding hydrogens is 200 g/mol. The third-order valence-electron chi connectivity index (χ3n) is 2.19. The summed E-state index contributed by atoms with van der Waals surface area (Å²) in [5.41, 5.74) is 2.06. The van der Waals surface area contributed by atoms with E-state index in [1.54, 1.807) is 13.3 Å². The number of halogens is 1. The highest BCUT2D eigenvalue weighted by Gasteiger charge is 2.05. The molecule has 0 fully saturated rings. The third-order valence-corrected chi connectivity index (χ3v) is 2.38. The van der Waals surface area contributed by atoms with Gasteiger partial charge >= 0.3 is 0 Å². The monoisotopic (exact) mass is 210 g/mol. The molecule has 74 valence electrons. The molecule has 0 amide bonds. The van der Waals surface area contributed by atoms with Crippen molar-refractivity contribution < 1.29 is 4.74 Å². The van der Waals surface area contributed by atoms with Gasteiger partial charge < -0.3 is 9.72 Å². The van der Waals surface area contributed by atoms with Crippen molar-refractivity contribution in [2.45, 2.75) is 6.42 Å². The Bertz CT molecular complexity index is 439. The summed E-state index contributed by atoms with van der Waals surface area (Å²) in [6.45, 7) is 0. The number of nitrogens with zero attached hydrogens (tertiary/aromatic N) is 1.